The number of hydrogen-bond donors (Lipinski definition) is 2. The Balaban J connectivity index is 2.01. The van der Waals surface area contributed by atoms with Gasteiger partial charge in [-0.3, -0.25) is 10.0 Å². The number of hydrogen-bond acceptors (Lipinski definition) is 4. The molecule has 5 heteroatoms. The fourth-order valence-electron chi connectivity index (χ4n) is 2.77. The van der Waals surface area contributed by atoms with Gasteiger partial charge in [0, 0.05) is 17.8 Å². The van der Waals surface area contributed by atoms with Crippen LogP contribution in [0.15, 0.2) is 72.9 Å². The lowest BCUT2D eigenvalue weighted by molar-refractivity contribution is -0.129. The Morgan fingerprint density at radius 2 is 1.76 bits per heavy atom. The molecule has 0 bridgehead atoms. The molecule has 0 spiro atoms. The van der Waals surface area contributed by atoms with Crippen molar-refractivity contribution in [2.75, 3.05) is 7.11 Å². The van der Waals surface area contributed by atoms with Crippen LogP contribution in [-0.2, 0) is 4.79 Å². The predicted octanol–water partition coefficient (Wildman–Crippen LogP) is 3.39. The number of nitrogens with zero attached hydrogens (tertiary/aromatic N) is 1. The van der Waals surface area contributed by atoms with Crippen molar-refractivity contribution in [3.8, 4) is 17.0 Å². The second-order valence-electron chi connectivity index (χ2n) is 5.53. The molecule has 3 rings (SSSR count). The smallest absolute Gasteiger partial charge is 0.255 e. The number of pyridine rings is 1. The van der Waals surface area contributed by atoms with Gasteiger partial charge in [0.2, 0.25) is 5.88 Å². The average molecular weight is 334 g/mol. The summed E-state index contributed by atoms with van der Waals surface area (Å²) in [5, 5.41) is 9.15. The van der Waals surface area contributed by atoms with E-state index in [2.05, 4.69) is 4.98 Å². The van der Waals surface area contributed by atoms with Crippen molar-refractivity contribution < 1.29 is 14.7 Å². The lowest BCUT2D eigenvalue weighted by atomic mass is 9.89. The molecular formula is C20H18N2O3. The molecule has 1 amide bonds. The van der Waals surface area contributed by atoms with E-state index < -0.39 is 11.8 Å². The molecule has 126 valence electrons. The van der Waals surface area contributed by atoms with E-state index in [0.717, 1.165) is 22.3 Å². The number of amides is 1. The van der Waals surface area contributed by atoms with E-state index in [-0.39, 0.29) is 0 Å². The van der Waals surface area contributed by atoms with Crippen LogP contribution in [0.4, 0.5) is 0 Å². The summed E-state index contributed by atoms with van der Waals surface area (Å²) in [4.78, 5) is 16.5. The lowest BCUT2D eigenvalue weighted by Crippen LogP contribution is -2.27. The van der Waals surface area contributed by atoms with Crippen LogP contribution in [0.1, 0.15) is 17.0 Å². The van der Waals surface area contributed by atoms with Gasteiger partial charge in [-0.05, 0) is 28.8 Å². The fraction of sp³-hybridized carbons (Fsp3) is 0.100. The summed E-state index contributed by atoms with van der Waals surface area (Å²) in [6.07, 6.45) is 1.72. The summed E-state index contributed by atoms with van der Waals surface area (Å²) < 4.78 is 5.08. The summed E-state index contributed by atoms with van der Waals surface area (Å²) in [5.41, 5.74) is 5.20. The highest BCUT2D eigenvalue weighted by atomic mass is 16.5. The fourth-order valence-corrected chi connectivity index (χ4v) is 2.77. The van der Waals surface area contributed by atoms with Crippen LogP contribution < -0.4 is 10.2 Å². The van der Waals surface area contributed by atoms with E-state index in [1.807, 2.05) is 60.7 Å². The second-order valence-corrected chi connectivity index (χ2v) is 5.53. The Labute approximate surface area is 145 Å². The molecule has 0 aliphatic heterocycles. The molecule has 2 N–H and O–H groups in total. The van der Waals surface area contributed by atoms with Crippen LogP contribution in [0.2, 0.25) is 0 Å². The van der Waals surface area contributed by atoms with Crippen molar-refractivity contribution in [2.45, 2.75) is 5.92 Å². The molecule has 0 aliphatic rings. The number of carbonyl (C=O) groups is 1. The Bertz CT molecular complexity index is 848. The van der Waals surface area contributed by atoms with E-state index in [9.17, 15) is 4.79 Å². The summed E-state index contributed by atoms with van der Waals surface area (Å²) in [6.45, 7) is 0. The number of methoxy groups -OCH3 is 1. The highest BCUT2D eigenvalue weighted by Gasteiger charge is 2.22. The van der Waals surface area contributed by atoms with Gasteiger partial charge in [0.1, 0.15) is 0 Å². The number of carbonyl (C=O) groups excluding carboxylic acids is 1. The van der Waals surface area contributed by atoms with Crippen LogP contribution in [0.3, 0.4) is 0 Å². The van der Waals surface area contributed by atoms with Crippen molar-refractivity contribution in [1.82, 2.24) is 10.5 Å². The van der Waals surface area contributed by atoms with E-state index in [4.69, 9.17) is 9.94 Å². The van der Waals surface area contributed by atoms with Gasteiger partial charge in [-0.1, -0.05) is 48.5 Å². The highest BCUT2D eigenvalue weighted by Crippen LogP contribution is 2.29. The molecule has 0 radical (unpaired) electrons. The minimum absolute atomic E-state index is 0.476. The normalized spacial score (nSPS) is 11.6. The Morgan fingerprint density at radius 1 is 1.00 bits per heavy atom. The molecule has 1 unspecified atom stereocenters. The molecule has 0 aliphatic carbocycles. The van der Waals surface area contributed by atoms with Crippen LogP contribution in [0, 0.1) is 0 Å². The first-order valence-corrected chi connectivity index (χ1v) is 7.82. The third kappa shape index (κ3) is 3.67. The van der Waals surface area contributed by atoms with Gasteiger partial charge in [-0.25, -0.2) is 10.5 Å². The maximum atomic E-state index is 12.3. The van der Waals surface area contributed by atoms with Gasteiger partial charge in [0.15, 0.2) is 0 Å². The van der Waals surface area contributed by atoms with Gasteiger partial charge in [0.25, 0.3) is 5.91 Å². The number of benzene rings is 2. The maximum absolute atomic E-state index is 12.3. The molecule has 5 nitrogen and oxygen atoms in total. The molecule has 3 aromatic rings. The van der Waals surface area contributed by atoms with Crippen LogP contribution in [-0.4, -0.2) is 23.2 Å². The van der Waals surface area contributed by atoms with E-state index in [1.54, 1.807) is 24.9 Å². The first-order chi connectivity index (χ1) is 12.2. The number of rotatable bonds is 5. The first kappa shape index (κ1) is 16.7. The molecule has 0 saturated carbocycles. The van der Waals surface area contributed by atoms with Crippen LogP contribution in [0.5, 0.6) is 5.88 Å². The summed E-state index contributed by atoms with van der Waals surface area (Å²) in [7, 11) is 1.57. The van der Waals surface area contributed by atoms with Crippen molar-refractivity contribution in [3.05, 3.63) is 84.1 Å². The largest absolute Gasteiger partial charge is 0.481 e. The van der Waals surface area contributed by atoms with Gasteiger partial charge in [-0.15, -0.1) is 0 Å². The van der Waals surface area contributed by atoms with Crippen LogP contribution in [0.25, 0.3) is 11.1 Å². The quantitative estimate of drug-likeness (QED) is 0.554. The Morgan fingerprint density at radius 3 is 2.40 bits per heavy atom. The predicted molar refractivity (Wildman–Crippen MR) is 94.4 cm³/mol. The number of ether oxygens (including phenoxy) is 1. The standard InChI is InChI=1S/C20H18N2O3/c1-25-18-11-10-17(13-21-18)15-8-5-9-16(12-15)19(20(23)22-24)14-6-3-2-4-7-14/h2-13,19,24H,1H3,(H,22,23). The Hall–Kier alpha value is -3.18. The monoisotopic (exact) mass is 334 g/mol. The third-order valence-electron chi connectivity index (χ3n) is 4.00. The average Bonchev–Trinajstić information content (AvgIpc) is 2.69. The molecule has 1 aromatic heterocycles. The third-order valence-corrected chi connectivity index (χ3v) is 4.00. The molecule has 2 aromatic carbocycles. The molecule has 0 saturated heterocycles. The van der Waals surface area contributed by atoms with Gasteiger partial charge in [-0.2, -0.15) is 0 Å². The molecule has 0 fully saturated rings. The highest BCUT2D eigenvalue weighted by molar-refractivity contribution is 5.86. The first-order valence-electron chi connectivity index (χ1n) is 7.82. The van der Waals surface area contributed by atoms with Crippen molar-refractivity contribution in [2.24, 2.45) is 0 Å². The van der Waals surface area contributed by atoms with Crippen LogP contribution >= 0.6 is 0 Å². The zero-order chi connectivity index (χ0) is 17.6. The van der Waals surface area contributed by atoms with E-state index in [1.165, 1.54) is 0 Å². The van der Waals surface area contributed by atoms with Gasteiger partial charge >= 0.3 is 0 Å². The Kier molecular flexibility index (Phi) is 5.06. The van der Waals surface area contributed by atoms with E-state index >= 15 is 0 Å². The van der Waals surface area contributed by atoms with Gasteiger partial charge < -0.3 is 4.74 Å². The summed E-state index contributed by atoms with van der Waals surface area (Å²) >= 11 is 0. The topological polar surface area (TPSA) is 71.5 Å². The summed E-state index contributed by atoms with van der Waals surface area (Å²) in [5.74, 6) is -0.532. The van der Waals surface area contributed by atoms with Crippen molar-refractivity contribution in [1.29, 1.82) is 0 Å². The molecular weight excluding hydrogens is 316 g/mol. The molecule has 1 heterocycles. The second kappa shape index (κ2) is 7.59. The zero-order valence-electron chi connectivity index (χ0n) is 13.7. The minimum atomic E-state index is -0.600. The number of hydroxylamine groups is 1. The van der Waals surface area contributed by atoms with E-state index in [0.29, 0.717) is 5.88 Å². The lowest BCUT2D eigenvalue weighted by Gasteiger charge is -2.17. The summed E-state index contributed by atoms with van der Waals surface area (Å²) in [6, 6.07) is 20.7. The number of aromatic nitrogens is 1. The minimum Gasteiger partial charge on any atom is -0.481 e. The maximum Gasteiger partial charge on any atom is 0.255 e. The zero-order valence-corrected chi connectivity index (χ0v) is 13.7. The molecule has 1 atom stereocenters. The van der Waals surface area contributed by atoms with Gasteiger partial charge in [0.05, 0.1) is 13.0 Å². The number of nitrogens with one attached hydrogen (secondary N) is 1. The van der Waals surface area contributed by atoms with Crippen molar-refractivity contribution >= 4 is 5.91 Å². The SMILES string of the molecule is COc1ccc(-c2cccc(C(C(=O)NO)c3ccccc3)c2)cn1. The van der Waals surface area contributed by atoms with Crippen molar-refractivity contribution in [3.63, 3.8) is 0 Å². The molecule has 25 heavy (non-hydrogen) atoms.